The number of carboxylic acids is 1. The number of halogens is 1. The van der Waals surface area contributed by atoms with Crippen molar-refractivity contribution in [2.24, 2.45) is 0 Å². The van der Waals surface area contributed by atoms with Crippen molar-refractivity contribution in [2.45, 2.75) is 18.9 Å². The molecule has 1 saturated heterocycles. The van der Waals surface area contributed by atoms with Crippen LogP contribution in [0.1, 0.15) is 12.8 Å². The van der Waals surface area contributed by atoms with E-state index in [0.717, 1.165) is 46.5 Å². The number of nitrogens with zero attached hydrogens (tertiary/aromatic N) is 4. The number of rotatable bonds is 6. The maximum Gasteiger partial charge on any atom is 0.317 e. The smallest absolute Gasteiger partial charge is 0.317 e. The lowest BCUT2D eigenvalue weighted by Crippen LogP contribution is -2.40. The number of pyridine rings is 2. The topological polar surface area (TPSA) is 104 Å². The number of aliphatic carboxylic acids is 1. The van der Waals surface area contributed by atoms with Crippen molar-refractivity contribution >= 4 is 28.6 Å². The maximum atomic E-state index is 10.8. The normalized spacial score (nSPS) is 15.1. The van der Waals surface area contributed by atoms with Crippen molar-refractivity contribution in [1.82, 2.24) is 24.8 Å². The number of aromatic nitrogens is 4. The SMILES string of the molecule is O=C(O)CN1CCC(Oc2ccc(-c3ccc(-c4nc5ccc(Cl)cc5[nH]4)cn3)cn2)CC1. The average molecular weight is 464 g/mol. The Balaban J connectivity index is 1.22. The van der Waals surface area contributed by atoms with Crippen molar-refractivity contribution in [3.8, 4) is 28.5 Å². The molecule has 1 aliphatic heterocycles. The van der Waals surface area contributed by atoms with E-state index in [0.29, 0.717) is 24.0 Å². The number of nitrogens with one attached hydrogen (secondary N) is 1. The van der Waals surface area contributed by atoms with Gasteiger partial charge in [0.1, 0.15) is 11.9 Å². The Kier molecular flexibility index (Phi) is 5.93. The lowest BCUT2D eigenvalue weighted by molar-refractivity contribution is -0.138. The van der Waals surface area contributed by atoms with Gasteiger partial charge in [-0.1, -0.05) is 11.6 Å². The Labute approximate surface area is 195 Å². The number of fused-ring (bicyclic) bond motifs is 1. The molecule has 2 N–H and O–H groups in total. The number of carboxylic acid groups (broad SMARTS) is 1. The molecule has 168 valence electrons. The Hall–Kier alpha value is -3.49. The predicted molar refractivity (Wildman–Crippen MR) is 125 cm³/mol. The third kappa shape index (κ3) is 4.97. The van der Waals surface area contributed by atoms with E-state index in [4.69, 9.17) is 21.4 Å². The summed E-state index contributed by atoms with van der Waals surface area (Å²) < 4.78 is 5.99. The molecule has 0 aliphatic carbocycles. The molecule has 1 aliphatic rings. The molecule has 8 nitrogen and oxygen atoms in total. The summed E-state index contributed by atoms with van der Waals surface area (Å²) in [7, 11) is 0. The third-order valence-corrected chi connectivity index (χ3v) is 5.93. The summed E-state index contributed by atoms with van der Waals surface area (Å²) in [5.41, 5.74) is 4.31. The van der Waals surface area contributed by atoms with Gasteiger partial charge < -0.3 is 14.8 Å². The first kappa shape index (κ1) is 21.4. The van der Waals surface area contributed by atoms with Crippen LogP contribution in [0.15, 0.2) is 54.9 Å². The number of hydrogen-bond acceptors (Lipinski definition) is 6. The average Bonchev–Trinajstić information content (AvgIpc) is 3.24. The van der Waals surface area contributed by atoms with Gasteiger partial charge in [0.2, 0.25) is 5.88 Å². The van der Waals surface area contributed by atoms with Crippen LogP contribution in [-0.4, -0.2) is 61.6 Å². The second kappa shape index (κ2) is 9.17. The van der Waals surface area contributed by atoms with Crippen molar-refractivity contribution in [2.75, 3.05) is 19.6 Å². The van der Waals surface area contributed by atoms with E-state index in [-0.39, 0.29) is 12.6 Å². The fourth-order valence-electron chi connectivity index (χ4n) is 3.97. The Bertz CT molecular complexity index is 1270. The zero-order valence-corrected chi connectivity index (χ0v) is 18.5. The molecule has 3 aromatic heterocycles. The Morgan fingerprint density at radius 2 is 1.88 bits per heavy atom. The van der Waals surface area contributed by atoms with Gasteiger partial charge in [-0.05, 0) is 49.2 Å². The van der Waals surface area contributed by atoms with E-state index in [1.54, 1.807) is 12.4 Å². The molecule has 0 bridgehead atoms. The highest BCUT2D eigenvalue weighted by atomic mass is 35.5. The highest BCUT2D eigenvalue weighted by Crippen LogP contribution is 2.25. The largest absolute Gasteiger partial charge is 0.480 e. The minimum atomic E-state index is -0.796. The lowest BCUT2D eigenvalue weighted by atomic mass is 10.1. The maximum absolute atomic E-state index is 10.8. The molecule has 0 unspecified atom stereocenters. The molecule has 33 heavy (non-hydrogen) atoms. The Morgan fingerprint density at radius 1 is 1.09 bits per heavy atom. The third-order valence-electron chi connectivity index (χ3n) is 5.69. The van der Waals surface area contributed by atoms with Crippen LogP contribution in [-0.2, 0) is 4.79 Å². The molecule has 9 heteroatoms. The highest BCUT2D eigenvalue weighted by Gasteiger charge is 2.22. The summed E-state index contributed by atoms with van der Waals surface area (Å²) in [6.07, 6.45) is 5.15. The number of hydrogen-bond donors (Lipinski definition) is 2. The molecule has 1 fully saturated rings. The number of imidazole rings is 1. The minimum Gasteiger partial charge on any atom is -0.480 e. The van der Waals surface area contributed by atoms with Crippen LogP contribution >= 0.6 is 11.6 Å². The quantitative estimate of drug-likeness (QED) is 0.440. The van der Waals surface area contributed by atoms with Crippen molar-refractivity contribution < 1.29 is 14.6 Å². The number of aromatic amines is 1. The predicted octanol–water partition coefficient (Wildman–Crippen LogP) is 4.27. The highest BCUT2D eigenvalue weighted by molar-refractivity contribution is 6.31. The van der Waals surface area contributed by atoms with Crippen LogP contribution in [0.3, 0.4) is 0 Å². The fourth-order valence-corrected chi connectivity index (χ4v) is 4.14. The number of ether oxygens (including phenoxy) is 1. The number of benzene rings is 1. The van der Waals surface area contributed by atoms with E-state index in [9.17, 15) is 4.79 Å². The molecule has 0 atom stereocenters. The molecule has 0 amide bonds. The first-order valence-electron chi connectivity index (χ1n) is 10.7. The summed E-state index contributed by atoms with van der Waals surface area (Å²) in [5.74, 6) is 0.506. The van der Waals surface area contributed by atoms with Crippen LogP contribution in [0, 0.1) is 0 Å². The van der Waals surface area contributed by atoms with Crippen LogP contribution in [0.25, 0.3) is 33.7 Å². The number of H-pyrrole nitrogens is 1. The van der Waals surface area contributed by atoms with Crippen LogP contribution in [0.4, 0.5) is 0 Å². The summed E-state index contributed by atoms with van der Waals surface area (Å²) in [6, 6.07) is 13.2. The van der Waals surface area contributed by atoms with Crippen molar-refractivity contribution in [1.29, 1.82) is 0 Å². The van der Waals surface area contributed by atoms with Gasteiger partial charge in [0.25, 0.3) is 0 Å². The van der Waals surface area contributed by atoms with Gasteiger partial charge >= 0.3 is 5.97 Å². The molecule has 4 aromatic rings. The fraction of sp³-hybridized carbons (Fsp3) is 0.250. The first-order valence-corrected chi connectivity index (χ1v) is 11.1. The van der Waals surface area contributed by atoms with Crippen molar-refractivity contribution in [3.05, 3.63) is 59.9 Å². The van der Waals surface area contributed by atoms with Crippen LogP contribution < -0.4 is 4.74 Å². The minimum absolute atomic E-state index is 0.0458. The van der Waals surface area contributed by atoms with Gasteiger partial charge in [0, 0.05) is 47.7 Å². The van der Waals surface area contributed by atoms with E-state index < -0.39 is 5.97 Å². The second-order valence-electron chi connectivity index (χ2n) is 8.05. The Morgan fingerprint density at radius 3 is 2.58 bits per heavy atom. The van der Waals surface area contributed by atoms with Crippen LogP contribution in [0.5, 0.6) is 5.88 Å². The van der Waals surface area contributed by atoms with E-state index in [1.165, 1.54) is 0 Å². The standard InChI is InChI=1S/C24H22ClN5O3/c25-17-3-5-20-21(11-17)29-24(28-20)16-1-4-19(26-13-16)15-2-6-22(27-12-15)33-18-7-9-30(10-8-18)14-23(31)32/h1-6,11-13,18H,7-10,14H2,(H,28,29)(H,31,32). The summed E-state index contributed by atoms with van der Waals surface area (Å²) in [5, 5.41) is 9.56. The molecule has 1 aromatic carbocycles. The van der Waals surface area contributed by atoms with Gasteiger partial charge in [-0.15, -0.1) is 0 Å². The molecule has 0 radical (unpaired) electrons. The van der Waals surface area contributed by atoms with Gasteiger partial charge in [0.15, 0.2) is 0 Å². The molecular formula is C24H22ClN5O3. The zero-order chi connectivity index (χ0) is 22.8. The molecular weight excluding hydrogens is 442 g/mol. The molecule has 5 rings (SSSR count). The monoisotopic (exact) mass is 463 g/mol. The number of carbonyl (C=O) groups is 1. The lowest BCUT2D eigenvalue weighted by Gasteiger charge is -2.30. The van der Waals surface area contributed by atoms with Gasteiger partial charge in [-0.25, -0.2) is 9.97 Å². The molecule has 0 spiro atoms. The van der Waals surface area contributed by atoms with E-state index in [2.05, 4.69) is 19.9 Å². The molecule has 0 saturated carbocycles. The summed E-state index contributed by atoms with van der Waals surface area (Å²) >= 11 is 6.05. The van der Waals surface area contributed by atoms with Crippen molar-refractivity contribution in [3.63, 3.8) is 0 Å². The zero-order valence-electron chi connectivity index (χ0n) is 17.7. The number of piperidine rings is 1. The van der Waals surface area contributed by atoms with E-state index >= 15 is 0 Å². The van der Waals surface area contributed by atoms with E-state index in [1.807, 2.05) is 47.4 Å². The number of likely N-dealkylation sites (tertiary alicyclic amines) is 1. The van der Waals surface area contributed by atoms with Gasteiger partial charge in [-0.2, -0.15) is 0 Å². The first-order chi connectivity index (χ1) is 16.0. The summed E-state index contributed by atoms with van der Waals surface area (Å²) in [4.78, 5) is 29.6. The molecule has 4 heterocycles. The van der Waals surface area contributed by atoms with Gasteiger partial charge in [-0.3, -0.25) is 14.7 Å². The van der Waals surface area contributed by atoms with Crippen LogP contribution in [0.2, 0.25) is 5.02 Å². The summed E-state index contributed by atoms with van der Waals surface area (Å²) in [6.45, 7) is 1.50. The second-order valence-corrected chi connectivity index (χ2v) is 8.49. The van der Waals surface area contributed by atoms with Gasteiger partial charge in [0.05, 0.1) is 23.3 Å².